The molecule has 0 amide bonds. The van der Waals surface area contributed by atoms with E-state index in [1.54, 1.807) is 39.8 Å². The topological polar surface area (TPSA) is 61.8 Å². The van der Waals surface area contributed by atoms with Gasteiger partial charge in [0.2, 0.25) is 5.75 Å². The second-order valence-electron chi connectivity index (χ2n) is 5.49. The number of rotatable bonds is 6. The Hall–Kier alpha value is -1.99. The normalized spacial score (nSPS) is 16.4. The van der Waals surface area contributed by atoms with Gasteiger partial charge in [0.05, 0.1) is 38.0 Å². The summed E-state index contributed by atoms with van der Waals surface area (Å²) in [7, 11) is 6.55. The van der Waals surface area contributed by atoms with Gasteiger partial charge in [-0.15, -0.1) is 0 Å². The molecule has 3 rings (SSSR count). The van der Waals surface area contributed by atoms with Gasteiger partial charge in [0, 0.05) is 24.9 Å². The van der Waals surface area contributed by atoms with Gasteiger partial charge in [-0.3, -0.25) is 0 Å². The van der Waals surface area contributed by atoms with E-state index < -0.39 is 0 Å². The molecule has 1 N–H and O–H groups in total. The standard InChI is InChI=1S/C17H22N2O4S/c1-20-12-7-5-6-11-16(12)24-17(19-11)18-10-8-13(21-2)15(23-4)14(9-10)22-3/h8-9,12H,5-7H2,1-4H3,(H,18,19). The van der Waals surface area contributed by atoms with Gasteiger partial charge >= 0.3 is 0 Å². The fourth-order valence-electron chi connectivity index (χ4n) is 2.94. The van der Waals surface area contributed by atoms with Crippen molar-refractivity contribution in [3.05, 3.63) is 22.7 Å². The van der Waals surface area contributed by atoms with Crippen molar-refractivity contribution in [1.29, 1.82) is 0 Å². The van der Waals surface area contributed by atoms with Crippen molar-refractivity contribution < 1.29 is 18.9 Å². The third kappa shape index (κ3) is 3.14. The molecule has 1 heterocycles. The molecule has 2 aromatic rings. The summed E-state index contributed by atoms with van der Waals surface area (Å²) in [5.74, 6) is 1.79. The van der Waals surface area contributed by atoms with Crippen molar-refractivity contribution >= 4 is 22.2 Å². The van der Waals surface area contributed by atoms with Crippen LogP contribution in [0.1, 0.15) is 29.5 Å². The van der Waals surface area contributed by atoms with Crippen LogP contribution in [0.25, 0.3) is 0 Å². The average Bonchev–Trinajstić information content (AvgIpc) is 3.02. The number of hydrogen-bond donors (Lipinski definition) is 1. The monoisotopic (exact) mass is 350 g/mol. The summed E-state index contributed by atoms with van der Waals surface area (Å²) in [6.45, 7) is 0. The smallest absolute Gasteiger partial charge is 0.203 e. The fourth-order valence-corrected chi connectivity index (χ4v) is 4.08. The first-order valence-corrected chi connectivity index (χ1v) is 8.61. The maximum absolute atomic E-state index is 5.57. The van der Waals surface area contributed by atoms with E-state index in [4.69, 9.17) is 23.9 Å². The number of anilines is 2. The second kappa shape index (κ2) is 7.27. The Labute approximate surface area is 145 Å². The SMILES string of the molecule is COc1cc(Nc2nc3c(s2)C(OC)CCC3)cc(OC)c1OC. The molecule has 24 heavy (non-hydrogen) atoms. The number of ether oxygens (including phenoxy) is 4. The molecule has 1 aliphatic carbocycles. The molecule has 0 radical (unpaired) electrons. The molecular formula is C17H22N2O4S. The highest BCUT2D eigenvalue weighted by molar-refractivity contribution is 7.15. The first kappa shape index (κ1) is 16.9. The minimum Gasteiger partial charge on any atom is -0.493 e. The van der Waals surface area contributed by atoms with Gasteiger partial charge in [-0.2, -0.15) is 0 Å². The van der Waals surface area contributed by atoms with E-state index in [-0.39, 0.29) is 6.10 Å². The van der Waals surface area contributed by atoms with Crippen molar-refractivity contribution in [3.8, 4) is 17.2 Å². The van der Waals surface area contributed by atoms with Crippen LogP contribution in [0, 0.1) is 0 Å². The molecule has 1 aromatic carbocycles. The zero-order chi connectivity index (χ0) is 17.1. The van der Waals surface area contributed by atoms with Crippen LogP contribution in [-0.2, 0) is 11.2 Å². The predicted molar refractivity (Wildman–Crippen MR) is 94.2 cm³/mol. The number of nitrogens with one attached hydrogen (secondary N) is 1. The van der Waals surface area contributed by atoms with Crippen LogP contribution >= 0.6 is 11.3 Å². The van der Waals surface area contributed by atoms with Crippen LogP contribution in [0.5, 0.6) is 17.2 Å². The molecule has 1 aromatic heterocycles. The van der Waals surface area contributed by atoms with Crippen LogP contribution in [0.2, 0.25) is 0 Å². The first-order chi connectivity index (χ1) is 11.7. The summed E-state index contributed by atoms with van der Waals surface area (Å²) in [5, 5.41) is 4.19. The molecule has 1 atom stereocenters. The number of fused-ring (bicyclic) bond motifs is 1. The molecule has 6 nitrogen and oxygen atoms in total. The molecule has 7 heteroatoms. The highest BCUT2D eigenvalue weighted by Gasteiger charge is 2.24. The van der Waals surface area contributed by atoms with Crippen LogP contribution < -0.4 is 19.5 Å². The third-order valence-corrected chi connectivity index (χ3v) is 5.21. The van der Waals surface area contributed by atoms with Gasteiger partial charge in [-0.1, -0.05) is 11.3 Å². The van der Waals surface area contributed by atoms with E-state index >= 15 is 0 Å². The quantitative estimate of drug-likeness (QED) is 0.851. The Morgan fingerprint density at radius 1 is 1.08 bits per heavy atom. The molecule has 0 fully saturated rings. The molecule has 1 unspecified atom stereocenters. The van der Waals surface area contributed by atoms with E-state index in [0.29, 0.717) is 17.2 Å². The molecule has 0 bridgehead atoms. The van der Waals surface area contributed by atoms with Gasteiger partial charge in [0.1, 0.15) is 0 Å². The lowest BCUT2D eigenvalue weighted by atomic mass is 10.0. The number of aryl methyl sites for hydroxylation is 1. The Morgan fingerprint density at radius 3 is 2.38 bits per heavy atom. The van der Waals surface area contributed by atoms with E-state index in [1.807, 2.05) is 12.1 Å². The van der Waals surface area contributed by atoms with Crippen molar-refractivity contribution in [2.45, 2.75) is 25.4 Å². The second-order valence-corrected chi connectivity index (χ2v) is 6.52. The Morgan fingerprint density at radius 2 is 1.79 bits per heavy atom. The number of benzene rings is 1. The summed E-state index contributed by atoms with van der Waals surface area (Å²) in [6, 6.07) is 3.74. The van der Waals surface area contributed by atoms with Crippen molar-refractivity contribution in [1.82, 2.24) is 4.98 Å². The minimum absolute atomic E-state index is 0.154. The van der Waals surface area contributed by atoms with Crippen LogP contribution in [-0.4, -0.2) is 33.4 Å². The van der Waals surface area contributed by atoms with Crippen molar-refractivity contribution in [3.63, 3.8) is 0 Å². The number of aromatic nitrogens is 1. The molecule has 130 valence electrons. The minimum atomic E-state index is 0.154. The molecule has 0 saturated heterocycles. The van der Waals surface area contributed by atoms with E-state index in [1.165, 1.54) is 4.88 Å². The van der Waals surface area contributed by atoms with Gasteiger partial charge in [-0.25, -0.2) is 4.98 Å². The molecule has 0 aliphatic heterocycles. The lowest BCUT2D eigenvalue weighted by Crippen LogP contribution is -2.08. The lowest BCUT2D eigenvalue weighted by Gasteiger charge is -2.18. The number of nitrogens with zero attached hydrogens (tertiary/aromatic N) is 1. The number of thiazole rings is 1. The van der Waals surface area contributed by atoms with Crippen LogP contribution in [0.4, 0.5) is 10.8 Å². The largest absolute Gasteiger partial charge is 0.493 e. The first-order valence-electron chi connectivity index (χ1n) is 7.79. The number of hydrogen-bond acceptors (Lipinski definition) is 7. The maximum Gasteiger partial charge on any atom is 0.203 e. The van der Waals surface area contributed by atoms with Crippen molar-refractivity contribution in [2.24, 2.45) is 0 Å². The Balaban J connectivity index is 1.90. The summed E-state index contributed by atoms with van der Waals surface area (Å²) in [4.78, 5) is 5.93. The third-order valence-electron chi connectivity index (χ3n) is 4.10. The van der Waals surface area contributed by atoms with Crippen molar-refractivity contribution in [2.75, 3.05) is 33.8 Å². The molecule has 0 spiro atoms. The molecule has 0 saturated carbocycles. The predicted octanol–water partition coefficient (Wildman–Crippen LogP) is 3.94. The molecular weight excluding hydrogens is 328 g/mol. The highest BCUT2D eigenvalue weighted by Crippen LogP contribution is 2.42. The Kier molecular flexibility index (Phi) is 5.11. The van der Waals surface area contributed by atoms with Gasteiger partial charge in [0.25, 0.3) is 0 Å². The Bertz CT molecular complexity index is 692. The summed E-state index contributed by atoms with van der Waals surface area (Å²) < 4.78 is 21.7. The van der Waals surface area contributed by atoms with Gasteiger partial charge in [0.15, 0.2) is 16.6 Å². The summed E-state index contributed by atoms with van der Waals surface area (Å²) >= 11 is 1.64. The summed E-state index contributed by atoms with van der Waals surface area (Å²) in [5.41, 5.74) is 1.97. The maximum atomic E-state index is 5.57. The van der Waals surface area contributed by atoms with Crippen LogP contribution in [0.3, 0.4) is 0 Å². The highest BCUT2D eigenvalue weighted by atomic mass is 32.1. The summed E-state index contributed by atoms with van der Waals surface area (Å²) in [6.07, 6.45) is 3.32. The van der Waals surface area contributed by atoms with E-state index in [2.05, 4.69) is 5.32 Å². The van der Waals surface area contributed by atoms with Gasteiger partial charge in [-0.05, 0) is 19.3 Å². The van der Waals surface area contributed by atoms with Crippen LogP contribution in [0.15, 0.2) is 12.1 Å². The van der Waals surface area contributed by atoms with E-state index in [9.17, 15) is 0 Å². The lowest BCUT2D eigenvalue weighted by molar-refractivity contribution is 0.0908. The zero-order valence-corrected chi connectivity index (χ0v) is 15.2. The zero-order valence-electron chi connectivity index (χ0n) is 14.3. The van der Waals surface area contributed by atoms with E-state index in [0.717, 1.165) is 35.8 Å². The molecule has 1 aliphatic rings. The average molecular weight is 350 g/mol. The number of methoxy groups -OCH3 is 4. The van der Waals surface area contributed by atoms with Gasteiger partial charge < -0.3 is 24.3 Å². The fraction of sp³-hybridized carbons (Fsp3) is 0.471.